The van der Waals surface area contributed by atoms with Gasteiger partial charge in [-0.1, -0.05) is 26.0 Å². The number of rotatable bonds is 3. The molecular weight excluding hydrogens is 182 g/mol. The van der Waals surface area contributed by atoms with Crippen molar-refractivity contribution in [2.75, 3.05) is 0 Å². The van der Waals surface area contributed by atoms with Gasteiger partial charge in [-0.2, -0.15) is 0 Å². The van der Waals surface area contributed by atoms with Crippen molar-refractivity contribution in [1.29, 1.82) is 0 Å². The molecule has 2 N–H and O–H groups in total. The molecule has 84 valence electrons. The van der Waals surface area contributed by atoms with Gasteiger partial charge in [-0.05, 0) is 55.4 Å². The van der Waals surface area contributed by atoms with Gasteiger partial charge in [-0.3, -0.25) is 0 Å². The van der Waals surface area contributed by atoms with Gasteiger partial charge in [0.2, 0.25) is 0 Å². The van der Waals surface area contributed by atoms with E-state index >= 15 is 0 Å². The summed E-state index contributed by atoms with van der Waals surface area (Å²) in [4.78, 5) is 0. The SMILES string of the molecule is Cc1cc(C)c(C(N)CC(C)C)cc1C. The van der Waals surface area contributed by atoms with Gasteiger partial charge in [-0.25, -0.2) is 0 Å². The highest BCUT2D eigenvalue weighted by molar-refractivity contribution is 5.38. The summed E-state index contributed by atoms with van der Waals surface area (Å²) in [5, 5.41) is 0. The molecule has 0 fully saturated rings. The van der Waals surface area contributed by atoms with Crippen molar-refractivity contribution in [3.63, 3.8) is 0 Å². The van der Waals surface area contributed by atoms with Gasteiger partial charge in [0, 0.05) is 6.04 Å². The molecule has 1 aromatic carbocycles. The van der Waals surface area contributed by atoms with E-state index in [2.05, 4.69) is 46.8 Å². The largest absolute Gasteiger partial charge is 0.324 e. The second-order valence-corrected chi connectivity index (χ2v) is 5.03. The summed E-state index contributed by atoms with van der Waals surface area (Å²) < 4.78 is 0. The first-order chi connectivity index (χ1) is 6.91. The molecule has 1 unspecified atom stereocenters. The molecule has 15 heavy (non-hydrogen) atoms. The van der Waals surface area contributed by atoms with Crippen LogP contribution >= 0.6 is 0 Å². The predicted molar refractivity (Wildman–Crippen MR) is 67.0 cm³/mol. The average Bonchev–Trinajstić information content (AvgIpc) is 2.09. The first-order valence-electron chi connectivity index (χ1n) is 5.75. The third-order valence-corrected chi connectivity index (χ3v) is 3.01. The Morgan fingerprint density at radius 1 is 1.00 bits per heavy atom. The maximum atomic E-state index is 6.22. The van der Waals surface area contributed by atoms with Gasteiger partial charge in [0.25, 0.3) is 0 Å². The van der Waals surface area contributed by atoms with Crippen molar-refractivity contribution in [2.45, 2.75) is 47.1 Å². The summed E-state index contributed by atoms with van der Waals surface area (Å²) in [6.07, 6.45) is 1.06. The quantitative estimate of drug-likeness (QED) is 0.800. The number of nitrogens with two attached hydrogens (primary N) is 1. The molecule has 0 aliphatic rings. The number of aryl methyl sites for hydroxylation is 3. The van der Waals surface area contributed by atoms with E-state index in [0.717, 1.165) is 6.42 Å². The van der Waals surface area contributed by atoms with Crippen LogP contribution in [0.5, 0.6) is 0 Å². The molecule has 0 aromatic heterocycles. The highest BCUT2D eigenvalue weighted by Crippen LogP contribution is 2.24. The van der Waals surface area contributed by atoms with Crippen molar-refractivity contribution >= 4 is 0 Å². The maximum Gasteiger partial charge on any atom is 0.0300 e. The van der Waals surface area contributed by atoms with Crippen molar-refractivity contribution in [3.05, 3.63) is 34.4 Å². The topological polar surface area (TPSA) is 26.0 Å². The lowest BCUT2D eigenvalue weighted by Crippen LogP contribution is -2.14. The lowest BCUT2D eigenvalue weighted by atomic mass is 9.92. The van der Waals surface area contributed by atoms with Crippen LogP contribution in [-0.2, 0) is 0 Å². The van der Waals surface area contributed by atoms with E-state index in [-0.39, 0.29) is 6.04 Å². The second kappa shape index (κ2) is 4.80. The maximum absolute atomic E-state index is 6.22. The summed E-state index contributed by atoms with van der Waals surface area (Å²) in [5.41, 5.74) is 11.5. The monoisotopic (exact) mass is 205 g/mol. The van der Waals surface area contributed by atoms with Crippen LogP contribution in [0.25, 0.3) is 0 Å². The van der Waals surface area contributed by atoms with Crippen molar-refractivity contribution < 1.29 is 0 Å². The molecule has 1 heteroatoms. The van der Waals surface area contributed by atoms with Crippen LogP contribution in [0.3, 0.4) is 0 Å². The van der Waals surface area contributed by atoms with E-state index in [1.54, 1.807) is 0 Å². The molecule has 0 saturated carbocycles. The molecule has 0 spiro atoms. The summed E-state index contributed by atoms with van der Waals surface area (Å²) in [6, 6.07) is 4.67. The molecule has 0 aliphatic carbocycles. The van der Waals surface area contributed by atoms with Gasteiger partial charge < -0.3 is 5.73 Å². The standard InChI is InChI=1S/C14H23N/c1-9(2)6-14(15)13-8-11(4)10(3)7-12(13)5/h7-9,14H,6,15H2,1-5H3. The third-order valence-electron chi connectivity index (χ3n) is 3.01. The summed E-state index contributed by atoms with van der Waals surface area (Å²) >= 11 is 0. The van der Waals surface area contributed by atoms with E-state index in [9.17, 15) is 0 Å². The Morgan fingerprint density at radius 2 is 1.53 bits per heavy atom. The van der Waals surface area contributed by atoms with Gasteiger partial charge in [0.1, 0.15) is 0 Å². The fourth-order valence-corrected chi connectivity index (χ4v) is 2.02. The number of hydrogen-bond acceptors (Lipinski definition) is 1. The average molecular weight is 205 g/mol. The molecule has 0 aliphatic heterocycles. The Morgan fingerprint density at radius 3 is 2.07 bits per heavy atom. The highest BCUT2D eigenvalue weighted by Gasteiger charge is 2.11. The van der Waals surface area contributed by atoms with Gasteiger partial charge in [0.05, 0.1) is 0 Å². The summed E-state index contributed by atoms with van der Waals surface area (Å²) in [6.45, 7) is 10.9. The Hall–Kier alpha value is -0.820. The van der Waals surface area contributed by atoms with Gasteiger partial charge >= 0.3 is 0 Å². The van der Waals surface area contributed by atoms with Crippen LogP contribution in [0.1, 0.15) is 48.6 Å². The smallest absolute Gasteiger partial charge is 0.0300 e. The fraction of sp³-hybridized carbons (Fsp3) is 0.571. The number of benzene rings is 1. The molecular formula is C14H23N. The van der Waals surface area contributed by atoms with Crippen LogP contribution in [0.15, 0.2) is 12.1 Å². The molecule has 0 heterocycles. The molecule has 1 rings (SSSR count). The van der Waals surface area contributed by atoms with Crippen molar-refractivity contribution in [3.8, 4) is 0 Å². The van der Waals surface area contributed by atoms with E-state index in [0.29, 0.717) is 5.92 Å². The summed E-state index contributed by atoms with van der Waals surface area (Å²) in [5.74, 6) is 0.654. The summed E-state index contributed by atoms with van der Waals surface area (Å²) in [7, 11) is 0. The van der Waals surface area contributed by atoms with Crippen LogP contribution in [-0.4, -0.2) is 0 Å². The Kier molecular flexibility index (Phi) is 3.92. The minimum atomic E-state index is 0.185. The third kappa shape index (κ3) is 3.07. The minimum Gasteiger partial charge on any atom is -0.324 e. The van der Waals surface area contributed by atoms with E-state index in [1.807, 2.05) is 0 Å². The molecule has 0 radical (unpaired) electrons. The lowest BCUT2D eigenvalue weighted by molar-refractivity contribution is 0.508. The van der Waals surface area contributed by atoms with Crippen LogP contribution in [0.2, 0.25) is 0 Å². The molecule has 1 aromatic rings. The zero-order chi connectivity index (χ0) is 11.6. The molecule has 0 amide bonds. The highest BCUT2D eigenvalue weighted by atomic mass is 14.6. The van der Waals surface area contributed by atoms with Crippen LogP contribution < -0.4 is 5.73 Å². The second-order valence-electron chi connectivity index (χ2n) is 5.03. The molecule has 1 atom stereocenters. The normalized spacial score (nSPS) is 13.3. The first kappa shape index (κ1) is 12.3. The number of hydrogen-bond donors (Lipinski definition) is 1. The van der Waals surface area contributed by atoms with Crippen molar-refractivity contribution in [2.24, 2.45) is 11.7 Å². The lowest BCUT2D eigenvalue weighted by Gasteiger charge is -2.18. The van der Waals surface area contributed by atoms with E-state index in [1.165, 1.54) is 22.3 Å². The zero-order valence-corrected chi connectivity index (χ0v) is 10.6. The van der Waals surface area contributed by atoms with E-state index in [4.69, 9.17) is 5.73 Å². The van der Waals surface area contributed by atoms with Crippen LogP contribution in [0.4, 0.5) is 0 Å². The Bertz CT molecular complexity index is 339. The predicted octanol–water partition coefficient (Wildman–Crippen LogP) is 3.66. The van der Waals surface area contributed by atoms with E-state index < -0.39 is 0 Å². The zero-order valence-electron chi connectivity index (χ0n) is 10.6. The Labute approximate surface area is 93.7 Å². The van der Waals surface area contributed by atoms with Gasteiger partial charge in [0.15, 0.2) is 0 Å². The first-order valence-corrected chi connectivity index (χ1v) is 5.75. The van der Waals surface area contributed by atoms with Crippen molar-refractivity contribution in [1.82, 2.24) is 0 Å². The molecule has 0 bridgehead atoms. The Balaban J connectivity index is 2.98. The fourth-order valence-electron chi connectivity index (χ4n) is 2.02. The molecule has 1 nitrogen and oxygen atoms in total. The molecule has 0 saturated heterocycles. The van der Waals surface area contributed by atoms with Gasteiger partial charge in [-0.15, -0.1) is 0 Å². The minimum absolute atomic E-state index is 0.185. The van der Waals surface area contributed by atoms with Crippen LogP contribution in [0, 0.1) is 26.7 Å².